The van der Waals surface area contributed by atoms with Gasteiger partial charge in [0.05, 0.1) is 6.20 Å². The van der Waals surface area contributed by atoms with Gasteiger partial charge in [-0.25, -0.2) is 4.98 Å². The van der Waals surface area contributed by atoms with Crippen LogP contribution in [0.2, 0.25) is 0 Å². The van der Waals surface area contributed by atoms with Gasteiger partial charge in [0.1, 0.15) is 23.0 Å². The number of para-hydroxylation sites is 1. The number of anilines is 1. The predicted molar refractivity (Wildman–Crippen MR) is 209 cm³/mol. The minimum Gasteiger partial charge on any atom is -0.457 e. The average molecular weight is 670 g/mol. The third-order valence-electron chi connectivity index (χ3n) is 7.97. The van der Waals surface area contributed by atoms with Gasteiger partial charge in [0.25, 0.3) is 5.56 Å². The molecule has 2 N–H and O–H groups in total. The monoisotopic (exact) mass is 669 g/mol. The molecule has 2 aromatic heterocycles. The molecule has 0 aliphatic rings. The molecule has 0 saturated carbocycles. The van der Waals surface area contributed by atoms with Gasteiger partial charge < -0.3 is 15.4 Å². The van der Waals surface area contributed by atoms with E-state index in [0.717, 1.165) is 54.9 Å². The first-order chi connectivity index (χ1) is 24.5. The van der Waals surface area contributed by atoms with Gasteiger partial charge in [0, 0.05) is 37.6 Å². The number of hydrogen-bond acceptors (Lipinski definition) is 6. The van der Waals surface area contributed by atoms with E-state index in [1.807, 2.05) is 104 Å². The minimum atomic E-state index is -0.0805. The molecule has 0 unspecified atom stereocenters. The number of unbranched alkanes of at least 4 members (excludes halogenated alkanes) is 2. The van der Waals surface area contributed by atoms with E-state index in [2.05, 4.69) is 65.7 Å². The van der Waals surface area contributed by atoms with Crippen molar-refractivity contribution in [2.45, 2.75) is 66.0 Å². The molecule has 0 amide bonds. The number of ether oxygens (including phenoxy) is 1. The van der Waals surface area contributed by atoms with Crippen molar-refractivity contribution in [1.82, 2.24) is 19.9 Å². The summed E-state index contributed by atoms with van der Waals surface area (Å²) in [7, 11) is 1.97. The van der Waals surface area contributed by atoms with Crippen LogP contribution in [0.1, 0.15) is 63.1 Å². The summed E-state index contributed by atoms with van der Waals surface area (Å²) in [6.07, 6.45) is 17.5. The Morgan fingerprint density at radius 2 is 1.58 bits per heavy atom. The quantitative estimate of drug-likeness (QED) is 0.0804. The predicted octanol–water partition coefficient (Wildman–Crippen LogP) is 9.72. The molecule has 0 spiro atoms. The first-order valence-electron chi connectivity index (χ1n) is 17.6. The van der Waals surface area contributed by atoms with Crippen LogP contribution in [-0.4, -0.2) is 28.1 Å². The van der Waals surface area contributed by atoms with Gasteiger partial charge in [-0.3, -0.25) is 14.3 Å². The summed E-state index contributed by atoms with van der Waals surface area (Å²) in [5.41, 5.74) is 6.35. The molecule has 260 valence electrons. The van der Waals surface area contributed by atoms with E-state index in [9.17, 15) is 4.79 Å². The zero-order chi connectivity index (χ0) is 35.4. The van der Waals surface area contributed by atoms with Gasteiger partial charge in [-0.05, 0) is 73.8 Å². The van der Waals surface area contributed by atoms with Crippen LogP contribution >= 0.6 is 0 Å². The Morgan fingerprint density at radius 1 is 0.860 bits per heavy atom. The van der Waals surface area contributed by atoms with Gasteiger partial charge in [-0.2, -0.15) is 0 Å². The summed E-state index contributed by atoms with van der Waals surface area (Å²) in [6.45, 7) is 8.45. The Bertz CT molecular complexity index is 1830. The minimum absolute atomic E-state index is 0.0805. The Kier molecular flexibility index (Phi) is 15.7. The van der Waals surface area contributed by atoms with Crippen LogP contribution in [0.4, 0.5) is 5.69 Å². The molecule has 50 heavy (non-hydrogen) atoms. The number of nitrogens with one attached hydrogen (secondary N) is 2. The lowest BCUT2D eigenvalue weighted by Gasteiger charge is -2.14. The molecule has 2 heterocycles. The lowest BCUT2D eigenvalue weighted by molar-refractivity contribution is 0.482. The number of aryl methyl sites for hydroxylation is 1. The van der Waals surface area contributed by atoms with Gasteiger partial charge >= 0.3 is 0 Å². The van der Waals surface area contributed by atoms with Crippen molar-refractivity contribution in [2.24, 2.45) is 0 Å². The Balaban J connectivity index is 0.000000314. The lowest BCUT2D eigenvalue weighted by atomic mass is 10.0. The topological polar surface area (TPSA) is 81.1 Å². The fraction of sp³-hybridized carbons (Fsp3) is 0.279. The van der Waals surface area contributed by atoms with Crippen LogP contribution in [0.3, 0.4) is 0 Å². The fourth-order valence-corrected chi connectivity index (χ4v) is 5.38. The Morgan fingerprint density at radius 3 is 2.28 bits per heavy atom. The molecular formula is C43H51N5O2. The first kappa shape index (κ1) is 37.5. The zero-order valence-electron chi connectivity index (χ0n) is 29.9. The molecule has 0 radical (unpaired) electrons. The van der Waals surface area contributed by atoms with E-state index in [1.165, 1.54) is 23.1 Å². The third-order valence-corrected chi connectivity index (χ3v) is 7.97. The van der Waals surface area contributed by atoms with Crippen molar-refractivity contribution in [3.63, 3.8) is 0 Å². The lowest BCUT2D eigenvalue weighted by Crippen LogP contribution is -2.25. The van der Waals surface area contributed by atoms with E-state index in [4.69, 9.17) is 4.74 Å². The summed E-state index contributed by atoms with van der Waals surface area (Å²) >= 11 is 0. The van der Waals surface area contributed by atoms with Crippen molar-refractivity contribution in [3.8, 4) is 22.9 Å². The second kappa shape index (κ2) is 21.0. The van der Waals surface area contributed by atoms with E-state index in [0.29, 0.717) is 24.6 Å². The average Bonchev–Trinajstić information content (AvgIpc) is 3.14. The normalized spacial score (nSPS) is 11.2. The van der Waals surface area contributed by atoms with E-state index in [-0.39, 0.29) is 5.56 Å². The molecule has 3 aromatic carbocycles. The summed E-state index contributed by atoms with van der Waals surface area (Å²) in [4.78, 5) is 22.2. The SMILES string of the molecule is CCCC/C=C\Cn1c(-c2ccccc2)ncc(NCc2ccc(Oc3ccccc3)cc2)c1=O.CCCc1ccncc1/C=C(\C)CNC. The van der Waals surface area contributed by atoms with Crippen LogP contribution < -0.4 is 20.9 Å². The van der Waals surface area contributed by atoms with Crippen molar-refractivity contribution in [1.29, 1.82) is 0 Å². The third kappa shape index (κ3) is 12.0. The molecule has 7 nitrogen and oxygen atoms in total. The van der Waals surface area contributed by atoms with E-state index < -0.39 is 0 Å². The number of aromatic nitrogens is 3. The van der Waals surface area contributed by atoms with Crippen LogP contribution in [-0.2, 0) is 19.5 Å². The summed E-state index contributed by atoms with van der Waals surface area (Å²) < 4.78 is 7.59. The maximum absolute atomic E-state index is 13.4. The molecular weight excluding hydrogens is 619 g/mol. The molecule has 7 heteroatoms. The fourth-order valence-electron chi connectivity index (χ4n) is 5.38. The molecule has 0 aliphatic heterocycles. The van der Waals surface area contributed by atoms with Crippen LogP contribution in [0.5, 0.6) is 11.5 Å². The molecule has 0 bridgehead atoms. The molecule has 5 aromatic rings. The van der Waals surface area contributed by atoms with E-state index >= 15 is 0 Å². The van der Waals surface area contributed by atoms with Crippen LogP contribution in [0.25, 0.3) is 17.5 Å². The summed E-state index contributed by atoms with van der Waals surface area (Å²) in [5, 5.41) is 6.42. The number of benzene rings is 3. The van der Waals surface area contributed by atoms with Crippen LogP contribution in [0.15, 0.2) is 132 Å². The number of nitrogens with zero attached hydrogens (tertiary/aromatic N) is 3. The van der Waals surface area contributed by atoms with Gasteiger partial charge in [0.15, 0.2) is 0 Å². The Hall–Kier alpha value is -5.27. The van der Waals surface area contributed by atoms with Gasteiger partial charge in [-0.1, -0.05) is 118 Å². The first-order valence-corrected chi connectivity index (χ1v) is 17.6. The number of pyridine rings is 1. The smallest absolute Gasteiger partial charge is 0.277 e. The number of allylic oxidation sites excluding steroid dienone is 2. The largest absolute Gasteiger partial charge is 0.457 e. The van der Waals surface area contributed by atoms with Gasteiger partial charge in [0.2, 0.25) is 0 Å². The Labute approximate surface area is 297 Å². The van der Waals surface area contributed by atoms with Crippen molar-refractivity contribution in [2.75, 3.05) is 18.9 Å². The van der Waals surface area contributed by atoms with E-state index in [1.54, 1.807) is 10.8 Å². The summed E-state index contributed by atoms with van der Waals surface area (Å²) in [6, 6.07) is 29.5. The zero-order valence-corrected chi connectivity index (χ0v) is 29.9. The van der Waals surface area contributed by atoms with Crippen molar-refractivity contribution < 1.29 is 4.74 Å². The standard InChI is InChI=1S/C30H31N3O2.C13H20N2/c1-2-3-4-5-12-21-33-29(25-13-8-6-9-14-25)32-23-28(30(33)34)31-22-24-17-19-27(20-18-24)35-26-15-10-7-11-16-26;1-4-5-12-6-7-15-10-13(12)8-11(2)9-14-3/h5-20,23,31H,2-4,21-22H2,1H3;6-8,10,14H,4-5,9H2,1-3H3/b12-5-;11-8+. The molecule has 5 rings (SSSR count). The van der Waals surface area contributed by atoms with Crippen LogP contribution in [0, 0.1) is 0 Å². The second-order valence-electron chi connectivity index (χ2n) is 12.1. The highest BCUT2D eigenvalue weighted by molar-refractivity contribution is 5.57. The van der Waals surface area contributed by atoms with Crippen molar-refractivity contribution >= 4 is 11.8 Å². The molecule has 0 atom stereocenters. The highest BCUT2D eigenvalue weighted by Crippen LogP contribution is 2.22. The highest BCUT2D eigenvalue weighted by Gasteiger charge is 2.11. The molecule has 0 aliphatic carbocycles. The highest BCUT2D eigenvalue weighted by atomic mass is 16.5. The molecule has 0 fully saturated rings. The van der Waals surface area contributed by atoms with Gasteiger partial charge in [-0.15, -0.1) is 0 Å². The molecule has 0 saturated heterocycles. The summed E-state index contributed by atoms with van der Waals surface area (Å²) in [5.74, 6) is 2.24. The second-order valence-corrected chi connectivity index (χ2v) is 12.1. The van der Waals surface area contributed by atoms with Crippen molar-refractivity contribution in [3.05, 3.63) is 154 Å². The number of likely N-dealkylation sites (N-methyl/N-ethyl adjacent to an activating group) is 1. The maximum atomic E-state index is 13.4. The number of hydrogen-bond donors (Lipinski definition) is 2. The number of rotatable bonds is 16. The maximum Gasteiger partial charge on any atom is 0.277 e.